The van der Waals surface area contributed by atoms with E-state index in [1.165, 1.54) is 56.1 Å². The first-order valence-electron chi connectivity index (χ1n) is 22.2. The summed E-state index contributed by atoms with van der Waals surface area (Å²) in [6, 6.07) is 47.7. The lowest BCUT2D eigenvalue weighted by molar-refractivity contribution is 0.105. The standard InChI is InChI=1S/C60H34N4O2S4/c1-31-11-9-12-32(2)49(31)53-45-25-39(23-37-19-21-47(67-37)55-51(35(27-61)28-62)41-15-5-7-17-43(41)57(55)65)70-60(45)54(50-33(3)13-10-14-34(50)4)46-26-40(69-59(46)53)24-38-20-22-48(68-38)56-52(36(29-63)30-64)42-16-6-8-18-44(42)58(56)66/h5-26H,1-4H3/b37-23-,38-24-,55-47-,56-48-. The Bertz CT molecular complexity index is 3980. The van der Waals surface area contributed by atoms with E-state index in [0.717, 1.165) is 50.1 Å². The van der Waals surface area contributed by atoms with Gasteiger partial charge in [0.1, 0.15) is 35.4 Å². The number of benzene rings is 5. The Kier molecular flexibility index (Phi) is 10.9. The number of allylic oxidation sites excluding steroid dienone is 4. The van der Waals surface area contributed by atoms with E-state index in [4.69, 9.17) is 0 Å². The minimum Gasteiger partial charge on any atom is -0.289 e. The summed E-state index contributed by atoms with van der Waals surface area (Å²) in [6.45, 7) is 8.67. The molecule has 0 unspecified atom stereocenters. The topological polar surface area (TPSA) is 129 Å². The average Bonchev–Trinajstić information content (AvgIpc) is 4.24. The van der Waals surface area contributed by atoms with E-state index in [-0.39, 0.29) is 22.7 Å². The van der Waals surface area contributed by atoms with E-state index >= 15 is 0 Å². The van der Waals surface area contributed by atoms with Gasteiger partial charge >= 0.3 is 0 Å². The van der Waals surface area contributed by atoms with Crippen LogP contribution in [0.15, 0.2) is 132 Å². The lowest BCUT2D eigenvalue weighted by atomic mass is 9.87. The first-order valence-corrected chi connectivity index (χ1v) is 25.5. The van der Waals surface area contributed by atoms with Gasteiger partial charge in [-0.25, -0.2) is 0 Å². The molecule has 10 heteroatoms. The van der Waals surface area contributed by atoms with Crippen molar-refractivity contribution in [2.75, 3.05) is 0 Å². The van der Waals surface area contributed by atoms with Crippen molar-refractivity contribution in [2.24, 2.45) is 0 Å². The van der Waals surface area contributed by atoms with Crippen molar-refractivity contribution in [2.45, 2.75) is 27.7 Å². The van der Waals surface area contributed by atoms with Crippen molar-refractivity contribution in [3.8, 4) is 46.5 Å². The van der Waals surface area contributed by atoms with Crippen LogP contribution in [0.3, 0.4) is 0 Å². The zero-order valence-electron chi connectivity index (χ0n) is 37.9. The van der Waals surface area contributed by atoms with Gasteiger partial charge in [0.05, 0.1) is 0 Å². The van der Waals surface area contributed by atoms with Crippen molar-refractivity contribution in [3.05, 3.63) is 205 Å². The molecule has 11 rings (SSSR count). The van der Waals surface area contributed by atoms with E-state index in [1.807, 2.05) is 60.7 Å². The number of hydrogen-bond donors (Lipinski definition) is 0. The molecule has 330 valence electrons. The second-order valence-corrected chi connectivity index (χ2v) is 21.6. The van der Waals surface area contributed by atoms with Crippen LogP contribution in [0.25, 0.3) is 76.9 Å². The van der Waals surface area contributed by atoms with Crippen LogP contribution in [-0.4, -0.2) is 11.6 Å². The number of Topliss-reactive ketones (excluding diaryl/α,β-unsaturated/α-hetero) is 2. The lowest BCUT2D eigenvalue weighted by Crippen LogP contribution is -2.07. The second-order valence-electron chi connectivity index (χ2n) is 17.2. The highest BCUT2D eigenvalue weighted by atomic mass is 32.1. The molecule has 0 radical (unpaired) electrons. The van der Waals surface area contributed by atoms with Gasteiger partial charge in [-0.3, -0.25) is 9.59 Å². The summed E-state index contributed by atoms with van der Waals surface area (Å²) in [6.07, 6.45) is 4.33. The smallest absolute Gasteiger partial charge is 0.195 e. The van der Waals surface area contributed by atoms with E-state index in [9.17, 15) is 30.6 Å². The van der Waals surface area contributed by atoms with Crippen molar-refractivity contribution >= 4 is 112 Å². The summed E-state index contributed by atoms with van der Waals surface area (Å²) >= 11 is 6.41. The molecule has 0 atom stereocenters. The van der Waals surface area contributed by atoms with Crippen molar-refractivity contribution in [1.82, 2.24) is 0 Å². The highest BCUT2D eigenvalue weighted by Gasteiger charge is 2.34. The quantitative estimate of drug-likeness (QED) is 0.162. The Labute approximate surface area is 418 Å². The molecule has 4 heterocycles. The molecule has 70 heavy (non-hydrogen) atoms. The fourth-order valence-corrected chi connectivity index (χ4v) is 14.6. The Hall–Kier alpha value is -8.32. The fourth-order valence-electron chi connectivity index (χ4n) is 10.1. The molecule has 4 aromatic heterocycles. The molecule has 2 aliphatic rings. The number of nitrogens with zero attached hydrogens (tertiary/aromatic N) is 4. The Morgan fingerprint density at radius 2 is 0.786 bits per heavy atom. The number of ketones is 2. The molecule has 9 aromatic rings. The lowest BCUT2D eigenvalue weighted by Gasteiger charge is -2.18. The largest absolute Gasteiger partial charge is 0.289 e. The normalized spacial score (nSPS) is 15.0. The third kappa shape index (κ3) is 6.97. The molecule has 0 spiro atoms. The molecular formula is C60H34N4O2S4. The average molecular weight is 971 g/mol. The highest BCUT2D eigenvalue weighted by molar-refractivity contribution is 7.23. The number of carbonyl (C=O) groups excluding carboxylic acids is 2. The number of thiophene rings is 4. The molecule has 0 bridgehead atoms. The molecule has 0 amide bonds. The van der Waals surface area contributed by atoms with Crippen LogP contribution >= 0.6 is 45.3 Å². The van der Waals surface area contributed by atoms with Gasteiger partial charge in [0.2, 0.25) is 0 Å². The molecular weight excluding hydrogens is 937 g/mol. The summed E-state index contributed by atoms with van der Waals surface area (Å²) in [4.78, 5) is 30.0. The van der Waals surface area contributed by atoms with Crippen molar-refractivity contribution in [3.63, 3.8) is 0 Å². The summed E-state index contributed by atoms with van der Waals surface area (Å²) < 4.78 is 5.58. The predicted octanol–water partition coefficient (Wildman–Crippen LogP) is 12.2. The molecule has 6 nitrogen and oxygen atoms in total. The summed E-state index contributed by atoms with van der Waals surface area (Å²) in [5.41, 5.74) is 12.9. The van der Waals surface area contributed by atoms with Crippen molar-refractivity contribution in [1.29, 1.82) is 21.0 Å². The molecule has 0 N–H and O–H groups in total. The van der Waals surface area contributed by atoms with Crippen LogP contribution in [0.5, 0.6) is 0 Å². The molecule has 0 saturated heterocycles. The maximum Gasteiger partial charge on any atom is 0.195 e. The first-order chi connectivity index (χ1) is 34.0. The number of nitriles is 4. The number of carbonyl (C=O) groups is 2. The van der Waals surface area contributed by atoms with E-state index in [0.29, 0.717) is 53.6 Å². The van der Waals surface area contributed by atoms with Crippen LogP contribution < -0.4 is 18.1 Å². The highest BCUT2D eigenvalue weighted by Crippen LogP contribution is 2.52. The number of hydrogen-bond acceptors (Lipinski definition) is 10. The van der Waals surface area contributed by atoms with E-state index in [1.54, 1.807) is 59.1 Å². The summed E-state index contributed by atoms with van der Waals surface area (Å²) in [7, 11) is 0. The fraction of sp³-hybridized carbons (Fsp3) is 0.0667. The van der Waals surface area contributed by atoms with Crippen LogP contribution in [0.4, 0.5) is 0 Å². The zero-order valence-corrected chi connectivity index (χ0v) is 41.2. The third-order valence-corrected chi connectivity index (χ3v) is 17.4. The first kappa shape index (κ1) is 44.2. The maximum absolute atomic E-state index is 13.9. The van der Waals surface area contributed by atoms with Crippen LogP contribution in [0, 0.1) is 73.0 Å². The minimum atomic E-state index is -0.193. The van der Waals surface area contributed by atoms with Gasteiger partial charge in [-0.1, -0.05) is 84.9 Å². The number of rotatable bonds is 4. The van der Waals surface area contributed by atoms with Gasteiger partial charge in [-0.15, -0.1) is 45.3 Å². The van der Waals surface area contributed by atoms with Gasteiger partial charge in [0, 0.05) is 92.6 Å². The SMILES string of the molecule is Cc1cccc(C)c1-c1c2cc(/C=c3/cc/c(=C4/C(=O)c5ccccc5C4=C(C#N)C#N)s3)sc2c(-c2c(C)cccc2C)c2cc(/C=c3/cc/c(=C4/C(=O)c5ccccc5C4=C(C#N)C#N)s3)sc12. The maximum atomic E-state index is 13.9. The van der Waals surface area contributed by atoms with Gasteiger partial charge < -0.3 is 0 Å². The Balaban J connectivity index is 1.16. The number of fused-ring (bicyclic) bond motifs is 4. The second kappa shape index (κ2) is 17.3. The zero-order chi connectivity index (χ0) is 48.5. The molecule has 5 aromatic carbocycles. The Morgan fingerprint density at radius 1 is 0.429 bits per heavy atom. The molecule has 0 saturated carbocycles. The predicted molar refractivity (Wildman–Crippen MR) is 286 cm³/mol. The third-order valence-electron chi connectivity index (χ3n) is 13.1. The minimum absolute atomic E-state index is 0.0836. The van der Waals surface area contributed by atoms with Crippen LogP contribution in [-0.2, 0) is 0 Å². The molecule has 0 fully saturated rings. The van der Waals surface area contributed by atoms with E-state index in [2.05, 4.69) is 88.4 Å². The summed E-state index contributed by atoms with van der Waals surface area (Å²) in [5.74, 6) is -0.386. The van der Waals surface area contributed by atoms with Gasteiger partial charge in [-0.2, -0.15) is 21.0 Å². The van der Waals surface area contributed by atoms with Gasteiger partial charge in [0.15, 0.2) is 11.6 Å². The van der Waals surface area contributed by atoms with E-state index < -0.39 is 0 Å². The van der Waals surface area contributed by atoms with Gasteiger partial charge in [-0.05, 0) is 121 Å². The molecule has 0 aliphatic heterocycles. The van der Waals surface area contributed by atoms with Crippen molar-refractivity contribution < 1.29 is 9.59 Å². The molecule has 2 aliphatic carbocycles. The summed E-state index contributed by atoms with van der Waals surface area (Å²) in [5, 5.41) is 42.2. The monoisotopic (exact) mass is 970 g/mol. The van der Waals surface area contributed by atoms with Crippen LogP contribution in [0.1, 0.15) is 63.9 Å². The van der Waals surface area contributed by atoms with Crippen LogP contribution in [0.2, 0.25) is 0 Å². The van der Waals surface area contributed by atoms with Gasteiger partial charge in [0.25, 0.3) is 0 Å². The Morgan fingerprint density at radius 3 is 1.14 bits per heavy atom. The number of aryl methyl sites for hydroxylation is 4.